The molecule has 7 heteroatoms. The van der Waals surface area contributed by atoms with Crippen LogP contribution >= 0.6 is 35.5 Å². The monoisotopic (exact) mass is 323 g/mol. The van der Waals surface area contributed by atoms with Gasteiger partial charge in [-0.1, -0.05) is 0 Å². The van der Waals surface area contributed by atoms with E-state index in [1.54, 1.807) is 23.1 Å². The number of hydrogen-bond acceptors (Lipinski definition) is 5. The fraction of sp³-hybridized carbons (Fsp3) is 0.667. The highest BCUT2D eigenvalue weighted by Gasteiger charge is 2.12. The van der Waals surface area contributed by atoms with Gasteiger partial charge in [-0.15, -0.1) is 23.7 Å². The molecule has 0 aliphatic carbocycles. The van der Waals surface area contributed by atoms with Crippen LogP contribution < -0.4 is 11.1 Å². The summed E-state index contributed by atoms with van der Waals surface area (Å²) < 4.78 is 0. The number of nitrogens with one attached hydrogen (secondary N) is 1. The molecule has 1 rings (SSSR count). The Morgan fingerprint density at radius 3 is 2.74 bits per heavy atom. The summed E-state index contributed by atoms with van der Waals surface area (Å²) in [5.74, 6) is 0.866. The summed E-state index contributed by atoms with van der Waals surface area (Å²) in [5.41, 5.74) is 6.85. The van der Waals surface area contributed by atoms with E-state index in [0.717, 1.165) is 29.3 Å². The third kappa shape index (κ3) is 6.61. The van der Waals surface area contributed by atoms with Crippen LogP contribution in [0, 0.1) is 13.8 Å². The fourth-order valence-electron chi connectivity index (χ4n) is 1.61. The van der Waals surface area contributed by atoms with Crippen molar-refractivity contribution in [2.45, 2.75) is 32.7 Å². The van der Waals surface area contributed by atoms with Crippen molar-refractivity contribution in [3.63, 3.8) is 0 Å². The molecule has 4 nitrogen and oxygen atoms in total. The molecule has 3 N–H and O–H groups in total. The topological polar surface area (TPSA) is 68.0 Å². The van der Waals surface area contributed by atoms with Crippen LogP contribution in [0.3, 0.4) is 0 Å². The SMILES string of the molecule is CSCC[C@H](N)C(=O)NCCc1sc(C)nc1C.Cl. The van der Waals surface area contributed by atoms with E-state index in [4.69, 9.17) is 5.73 Å². The molecule has 0 radical (unpaired) electrons. The van der Waals surface area contributed by atoms with Gasteiger partial charge < -0.3 is 11.1 Å². The van der Waals surface area contributed by atoms with Gasteiger partial charge in [0.05, 0.1) is 16.7 Å². The molecule has 0 saturated heterocycles. The first-order valence-electron chi connectivity index (χ1n) is 5.99. The highest BCUT2D eigenvalue weighted by atomic mass is 35.5. The standard InChI is InChI=1S/C12H21N3OS2.ClH/c1-8-11(18-9(2)15-8)4-6-14-12(16)10(13)5-7-17-3;/h10H,4-7,13H2,1-3H3,(H,14,16);1H/t10-;/m0./s1. The Hall–Kier alpha value is -0.300. The predicted molar refractivity (Wildman–Crippen MR) is 86.5 cm³/mol. The van der Waals surface area contributed by atoms with Crippen molar-refractivity contribution in [3.8, 4) is 0 Å². The molecular formula is C12H22ClN3OS2. The number of aromatic nitrogens is 1. The molecule has 0 aromatic carbocycles. The molecule has 0 saturated carbocycles. The molecule has 19 heavy (non-hydrogen) atoms. The smallest absolute Gasteiger partial charge is 0.236 e. The van der Waals surface area contributed by atoms with E-state index in [1.807, 2.05) is 20.1 Å². The van der Waals surface area contributed by atoms with Gasteiger partial charge in [-0.2, -0.15) is 11.8 Å². The lowest BCUT2D eigenvalue weighted by molar-refractivity contribution is -0.122. The number of rotatable bonds is 7. The highest BCUT2D eigenvalue weighted by molar-refractivity contribution is 7.98. The van der Waals surface area contributed by atoms with Gasteiger partial charge in [0.1, 0.15) is 0 Å². The van der Waals surface area contributed by atoms with E-state index < -0.39 is 0 Å². The zero-order chi connectivity index (χ0) is 13.5. The minimum atomic E-state index is -0.387. The second-order valence-corrected chi connectivity index (χ2v) is 6.44. The molecule has 1 amide bonds. The van der Waals surface area contributed by atoms with Crippen molar-refractivity contribution >= 4 is 41.4 Å². The number of amides is 1. The van der Waals surface area contributed by atoms with E-state index >= 15 is 0 Å². The quantitative estimate of drug-likeness (QED) is 0.804. The van der Waals surface area contributed by atoms with Gasteiger partial charge in [0.15, 0.2) is 0 Å². The van der Waals surface area contributed by atoms with Crippen molar-refractivity contribution in [1.29, 1.82) is 0 Å². The van der Waals surface area contributed by atoms with E-state index in [9.17, 15) is 4.79 Å². The molecule has 1 aromatic rings. The molecule has 0 aliphatic rings. The third-order valence-electron chi connectivity index (χ3n) is 2.62. The molecular weight excluding hydrogens is 302 g/mol. The van der Waals surface area contributed by atoms with Crippen LogP contribution in [-0.2, 0) is 11.2 Å². The first-order chi connectivity index (χ1) is 8.54. The number of nitrogens with zero attached hydrogens (tertiary/aromatic N) is 1. The number of thiazole rings is 1. The Labute approximate surface area is 129 Å². The molecule has 0 fully saturated rings. The summed E-state index contributed by atoms with van der Waals surface area (Å²) in [7, 11) is 0. The number of nitrogens with two attached hydrogens (primary N) is 1. The summed E-state index contributed by atoms with van der Waals surface area (Å²) in [6.07, 6.45) is 3.57. The maximum atomic E-state index is 11.7. The maximum absolute atomic E-state index is 11.7. The molecule has 1 aromatic heterocycles. The average molecular weight is 324 g/mol. The minimum Gasteiger partial charge on any atom is -0.354 e. The summed E-state index contributed by atoms with van der Waals surface area (Å²) in [6, 6.07) is -0.387. The van der Waals surface area contributed by atoms with E-state index in [1.165, 1.54) is 4.88 Å². The molecule has 0 bridgehead atoms. The van der Waals surface area contributed by atoms with E-state index in [2.05, 4.69) is 10.3 Å². The zero-order valence-corrected chi connectivity index (χ0v) is 14.0. The number of hydrogen-bond donors (Lipinski definition) is 2. The lowest BCUT2D eigenvalue weighted by atomic mass is 10.2. The van der Waals surface area contributed by atoms with Gasteiger partial charge >= 0.3 is 0 Å². The van der Waals surface area contributed by atoms with Crippen molar-refractivity contribution in [1.82, 2.24) is 10.3 Å². The number of carbonyl (C=O) groups excluding carboxylic acids is 1. The Balaban J connectivity index is 0.00000324. The summed E-state index contributed by atoms with van der Waals surface area (Å²) in [5, 5.41) is 3.96. The average Bonchev–Trinajstić information content (AvgIpc) is 2.64. The maximum Gasteiger partial charge on any atom is 0.236 e. The van der Waals surface area contributed by atoms with Crippen molar-refractivity contribution in [3.05, 3.63) is 15.6 Å². The second kappa shape index (κ2) is 9.58. The minimum absolute atomic E-state index is 0. The lowest BCUT2D eigenvalue weighted by Crippen LogP contribution is -2.41. The summed E-state index contributed by atoms with van der Waals surface area (Å²) in [4.78, 5) is 17.3. The second-order valence-electron chi connectivity index (χ2n) is 4.17. The molecule has 1 atom stereocenters. The Kier molecular flexibility index (Phi) is 9.43. The molecule has 1 heterocycles. The van der Waals surface area contributed by atoms with Crippen LogP contribution in [-0.4, -0.2) is 35.5 Å². The van der Waals surface area contributed by atoms with Crippen LogP contribution in [0.2, 0.25) is 0 Å². The van der Waals surface area contributed by atoms with Crippen molar-refractivity contribution in [2.75, 3.05) is 18.6 Å². The van der Waals surface area contributed by atoms with E-state index in [0.29, 0.717) is 6.54 Å². The van der Waals surface area contributed by atoms with Crippen molar-refractivity contribution < 1.29 is 4.79 Å². The van der Waals surface area contributed by atoms with E-state index in [-0.39, 0.29) is 24.4 Å². The van der Waals surface area contributed by atoms with Crippen LogP contribution in [0.5, 0.6) is 0 Å². The summed E-state index contributed by atoms with van der Waals surface area (Å²) >= 11 is 3.40. The van der Waals surface area contributed by atoms with Crippen LogP contribution in [0.4, 0.5) is 0 Å². The van der Waals surface area contributed by atoms with Crippen LogP contribution in [0.15, 0.2) is 0 Å². The van der Waals surface area contributed by atoms with Crippen LogP contribution in [0.1, 0.15) is 22.0 Å². The number of aryl methyl sites for hydroxylation is 2. The zero-order valence-electron chi connectivity index (χ0n) is 11.6. The molecule has 0 spiro atoms. The lowest BCUT2D eigenvalue weighted by Gasteiger charge is -2.11. The summed E-state index contributed by atoms with van der Waals surface area (Å²) in [6.45, 7) is 4.64. The number of carbonyl (C=O) groups is 1. The Morgan fingerprint density at radius 2 is 2.21 bits per heavy atom. The highest BCUT2D eigenvalue weighted by Crippen LogP contribution is 2.17. The third-order valence-corrected chi connectivity index (χ3v) is 4.40. The Morgan fingerprint density at radius 1 is 1.53 bits per heavy atom. The first kappa shape index (κ1) is 18.7. The van der Waals surface area contributed by atoms with Gasteiger partial charge in [-0.3, -0.25) is 4.79 Å². The fourth-order valence-corrected chi connectivity index (χ4v) is 3.04. The largest absolute Gasteiger partial charge is 0.354 e. The Bertz CT molecular complexity index is 398. The van der Waals surface area contributed by atoms with Gasteiger partial charge in [0, 0.05) is 17.8 Å². The normalized spacial score (nSPS) is 11.8. The molecule has 0 aliphatic heterocycles. The van der Waals surface area contributed by atoms with Gasteiger partial charge in [-0.25, -0.2) is 4.98 Å². The van der Waals surface area contributed by atoms with Gasteiger partial charge in [-0.05, 0) is 32.3 Å². The van der Waals surface area contributed by atoms with Crippen LogP contribution in [0.25, 0.3) is 0 Å². The number of thioether (sulfide) groups is 1. The van der Waals surface area contributed by atoms with Gasteiger partial charge in [0.2, 0.25) is 5.91 Å². The molecule has 0 unspecified atom stereocenters. The first-order valence-corrected chi connectivity index (χ1v) is 8.20. The van der Waals surface area contributed by atoms with Crippen molar-refractivity contribution in [2.24, 2.45) is 5.73 Å². The molecule has 110 valence electrons. The number of halogens is 1. The van der Waals surface area contributed by atoms with Gasteiger partial charge in [0.25, 0.3) is 0 Å². The predicted octanol–water partition coefficient (Wildman–Crippen LogP) is 1.92.